The molecule has 1 aromatic carbocycles. The molecule has 3 heterocycles. The first-order chi connectivity index (χ1) is 12.0. The van der Waals surface area contributed by atoms with Crippen molar-refractivity contribution in [3.05, 3.63) is 62.5 Å². The van der Waals surface area contributed by atoms with Gasteiger partial charge in [0.25, 0.3) is 11.5 Å². The fourth-order valence-electron chi connectivity index (χ4n) is 3.56. The molecule has 1 aliphatic rings. The summed E-state index contributed by atoms with van der Waals surface area (Å²) in [6, 6.07) is 9.80. The highest BCUT2D eigenvalue weighted by Gasteiger charge is 2.34. The third-order valence-corrected chi connectivity index (χ3v) is 5.83. The van der Waals surface area contributed by atoms with Crippen LogP contribution in [0.15, 0.2) is 35.1 Å². The maximum absolute atomic E-state index is 13.1. The Balaban J connectivity index is 1.72. The number of aromatic amines is 1. The zero-order chi connectivity index (χ0) is 17.6. The third kappa shape index (κ3) is 2.76. The van der Waals surface area contributed by atoms with Gasteiger partial charge >= 0.3 is 0 Å². The van der Waals surface area contributed by atoms with Gasteiger partial charge in [-0.1, -0.05) is 12.1 Å². The van der Waals surface area contributed by atoms with E-state index >= 15 is 0 Å². The molecule has 1 aliphatic heterocycles. The van der Waals surface area contributed by atoms with Crippen molar-refractivity contribution in [3.63, 3.8) is 0 Å². The Morgan fingerprint density at radius 1 is 1.32 bits per heavy atom. The van der Waals surface area contributed by atoms with Gasteiger partial charge in [-0.15, -0.1) is 11.3 Å². The Morgan fingerprint density at radius 3 is 2.88 bits per heavy atom. The lowest BCUT2D eigenvalue weighted by Crippen LogP contribution is -2.35. The topological polar surface area (TPSA) is 66.1 Å². The van der Waals surface area contributed by atoms with E-state index in [0.29, 0.717) is 6.54 Å². The molecule has 128 valence electrons. The number of carbonyl (C=O) groups excluding carboxylic acids is 1. The molecule has 1 amide bonds. The SMILES string of the molecule is Cc1cc(C)c(C(=O)N2CCC[C@H]2c2nc3ccccc3s2)c(=O)[nH]1. The predicted octanol–water partition coefficient (Wildman–Crippen LogP) is 3.58. The standard InChI is InChI=1S/C19H19N3O2S/c1-11-10-12(2)20-17(23)16(11)19(24)22-9-5-7-14(22)18-21-13-6-3-4-8-15(13)25-18/h3-4,6,8,10,14H,5,7,9H2,1-2H3,(H,20,23)/t14-/m0/s1. The number of aryl methyl sites for hydroxylation is 2. The molecule has 0 saturated carbocycles. The lowest BCUT2D eigenvalue weighted by molar-refractivity contribution is 0.0733. The van der Waals surface area contributed by atoms with E-state index in [1.807, 2.05) is 49.1 Å². The number of para-hydroxylation sites is 1. The van der Waals surface area contributed by atoms with E-state index in [0.717, 1.165) is 39.3 Å². The molecule has 0 aliphatic carbocycles. The first-order valence-electron chi connectivity index (χ1n) is 8.41. The number of nitrogens with zero attached hydrogens (tertiary/aromatic N) is 2. The number of aromatic nitrogens is 2. The Labute approximate surface area is 149 Å². The van der Waals surface area contributed by atoms with Crippen molar-refractivity contribution in [2.45, 2.75) is 32.7 Å². The number of fused-ring (bicyclic) bond motifs is 1. The summed E-state index contributed by atoms with van der Waals surface area (Å²) in [4.78, 5) is 34.7. The summed E-state index contributed by atoms with van der Waals surface area (Å²) in [5.74, 6) is -0.194. The molecule has 0 bridgehead atoms. The summed E-state index contributed by atoms with van der Waals surface area (Å²) in [6.07, 6.45) is 1.81. The van der Waals surface area contributed by atoms with Gasteiger partial charge in [0, 0.05) is 12.2 Å². The van der Waals surface area contributed by atoms with Gasteiger partial charge in [0.15, 0.2) is 0 Å². The van der Waals surface area contributed by atoms with Crippen LogP contribution in [0, 0.1) is 13.8 Å². The Morgan fingerprint density at radius 2 is 2.12 bits per heavy atom. The number of hydrogen-bond acceptors (Lipinski definition) is 4. The molecule has 3 aromatic rings. The fourth-order valence-corrected chi connectivity index (χ4v) is 4.68. The number of hydrogen-bond donors (Lipinski definition) is 1. The molecule has 25 heavy (non-hydrogen) atoms. The van der Waals surface area contributed by atoms with E-state index < -0.39 is 0 Å². The van der Waals surface area contributed by atoms with Gasteiger partial charge < -0.3 is 9.88 Å². The number of benzene rings is 1. The second-order valence-electron chi connectivity index (χ2n) is 6.52. The molecule has 4 rings (SSSR count). The molecule has 1 saturated heterocycles. The summed E-state index contributed by atoms with van der Waals surface area (Å²) in [6.45, 7) is 4.30. The lowest BCUT2D eigenvalue weighted by atomic mass is 10.1. The van der Waals surface area contributed by atoms with Gasteiger partial charge in [0.2, 0.25) is 0 Å². The van der Waals surface area contributed by atoms with E-state index in [4.69, 9.17) is 4.98 Å². The van der Waals surface area contributed by atoms with Gasteiger partial charge in [-0.25, -0.2) is 4.98 Å². The second-order valence-corrected chi connectivity index (χ2v) is 7.58. The van der Waals surface area contributed by atoms with Crippen LogP contribution in [-0.2, 0) is 0 Å². The first kappa shape index (κ1) is 16.0. The van der Waals surface area contributed by atoms with Gasteiger partial charge in [-0.2, -0.15) is 0 Å². The monoisotopic (exact) mass is 353 g/mol. The Bertz CT molecular complexity index is 988. The van der Waals surface area contributed by atoms with E-state index in [1.54, 1.807) is 11.3 Å². The number of H-pyrrole nitrogens is 1. The highest BCUT2D eigenvalue weighted by molar-refractivity contribution is 7.18. The molecule has 0 radical (unpaired) electrons. The molecule has 5 nitrogen and oxygen atoms in total. The van der Waals surface area contributed by atoms with E-state index in [9.17, 15) is 9.59 Å². The fraction of sp³-hybridized carbons (Fsp3) is 0.316. The third-order valence-electron chi connectivity index (χ3n) is 4.69. The van der Waals surface area contributed by atoms with Crippen molar-refractivity contribution >= 4 is 27.5 Å². The number of rotatable bonds is 2. The molecule has 6 heteroatoms. The summed E-state index contributed by atoms with van der Waals surface area (Å²) in [5, 5.41) is 0.952. The zero-order valence-electron chi connectivity index (χ0n) is 14.2. The minimum absolute atomic E-state index is 0.0509. The normalized spacial score (nSPS) is 17.4. The number of thiazole rings is 1. The van der Waals surface area contributed by atoms with Crippen LogP contribution in [0.3, 0.4) is 0 Å². The van der Waals surface area contributed by atoms with E-state index in [2.05, 4.69) is 4.98 Å². The number of pyridine rings is 1. The highest BCUT2D eigenvalue weighted by atomic mass is 32.1. The molecule has 0 unspecified atom stereocenters. The Kier molecular flexibility index (Phi) is 3.92. The van der Waals surface area contributed by atoms with Crippen molar-refractivity contribution in [2.75, 3.05) is 6.54 Å². The number of carbonyl (C=O) groups is 1. The summed E-state index contributed by atoms with van der Waals surface area (Å²) >= 11 is 1.63. The van der Waals surface area contributed by atoms with Crippen molar-refractivity contribution < 1.29 is 4.79 Å². The lowest BCUT2D eigenvalue weighted by Gasteiger charge is -2.23. The average molecular weight is 353 g/mol. The van der Waals surface area contributed by atoms with E-state index in [1.165, 1.54) is 0 Å². The van der Waals surface area contributed by atoms with Crippen LogP contribution in [0.1, 0.15) is 45.5 Å². The van der Waals surface area contributed by atoms with Gasteiger partial charge in [-0.05, 0) is 50.5 Å². The smallest absolute Gasteiger partial charge is 0.261 e. The molecular weight excluding hydrogens is 334 g/mol. The summed E-state index contributed by atoms with van der Waals surface area (Å²) < 4.78 is 1.13. The average Bonchev–Trinajstić information content (AvgIpc) is 3.20. The quantitative estimate of drug-likeness (QED) is 0.766. The first-order valence-corrected chi connectivity index (χ1v) is 9.23. The number of nitrogens with one attached hydrogen (secondary N) is 1. The van der Waals surface area contributed by atoms with Crippen LogP contribution in [0.25, 0.3) is 10.2 Å². The van der Waals surface area contributed by atoms with Crippen molar-refractivity contribution in [1.29, 1.82) is 0 Å². The molecular formula is C19H19N3O2S. The molecule has 0 spiro atoms. The minimum atomic E-state index is -0.308. The van der Waals surface area contributed by atoms with Crippen molar-refractivity contribution in [3.8, 4) is 0 Å². The summed E-state index contributed by atoms with van der Waals surface area (Å²) in [7, 11) is 0. The molecule has 1 atom stereocenters. The second kappa shape index (κ2) is 6.11. The molecule has 2 aromatic heterocycles. The zero-order valence-corrected chi connectivity index (χ0v) is 15.0. The van der Waals surface area contributed by atoms with Crippen LogP contribution >= 0.6 is 11.3 Å². The highest BCUT2D eigenvalue weighted by Crippen LogP contribution is 2.37. The molecule has 1 fully saturated rings. The van der Waals surface area contributed by atoms with Crippen LogP contribution in [0.5, 0.6) is 0 Å². The minimum Gasteiger partial charge on any atom is -0.329 e. The van der Waals surface area contributed by atoms with Crippen LogP contribution in [-0.4, -0.2) is 27.3 Å². The van der Waals surface area contributed by atoms with Gasteiger partial charge in [-0.3, -0.25) is 9.59 Å². The van der Waals surface area contributed by atoms with Crippen LogP contribution in [0.4, 0.5) is 0 Å². The van der Waals surface area contributed by atoms with Crippen molar-refractivity contribution in [2.24, 2.45) is 0 Å². The van der Waals surface area contributed by atoms with Gasteiger partial charge in [0.1, 0.15) is 10.6 Å². The van der Waals surface area contributed by atoms with Crippen molar-refractivity contribution in [1.82, 2.24) is 14.9 Å². The number of likely N-dealkylation sites (tertiary alicyclic amines) is 1. The van der Waals surface area contributed by atoms with Crippen LogP contribution < -0.4 is 5.56 Å². The maximum atomic E-state index is 13.1. The number of amides is 1. The largest absolute Gasteiger partial charge is 0.329 e. The van der Waals surface area contributed by atoms with Crippen LogP contribution in [0.2, 0.25) is 0 Å². The van der Waals surface area contributed by atoms with E-state index in [-0.39, 0.29) is 23.1 Å². The summed E-state index contributed by atoms with van der Waals surface area (Å²) in [5.41, 5.74) is 2.40. The van der Waals surface area contributed by atoms with Gasteiger partial charge in [0.05, 0.1) is 16.3 Å². The maximum Gasteiger partial charge on any atom is 0.261 e. The Hall–Kier alpha value is -2.47. The molecule has 1 N–H and O–H groups in total. The predicted molar refractivity (Wildman–Crippen MR) is 99.2 cm³/mol.